The summed E-state index contributed by atoms with van der Waals surface area (Å²) < 4.78 is 32.5. The topological polar surface area (TPSA) is 66.9 Å². The first-order valence-electron chi connectivity index (χ1n) is 7.04. The van der Waals surface area contributed by atoms with Crippen molar-refractivity contribution >= 4 is 32.0 Å². The van der Waals surface area contributed by atoms with Gasteiger partial charge in [0.1, 0.15) is 0 Å². The van der Waals surface area contributed by atoms with Gasteiger partial charge in [0.2, 0.25) is 10.0 Å². The molecule has 0 aliphatic carbocycles. The number of aryl methyl sites for hydroxylation is 1. The van der Waals surface area contributed by atoms with E-state index in [9.17, 15) is 13.2 Å². The lowest BCUT2D eigenvalue weighted by Gasteiger charge is -2.33. The first-order valence-corrected chi connectivity index (χ1v) is 9.27. The number of ether oxygens (including phenoxy) is 1. The van der Waals surface area contributed by atoms with E-state index in [1.54, 1.807) is 25.1 Å². The van der Waals surface area contributed by atoms with Crippen molar-refractivity contribution in [3.63, 3.8) is 0 Å². The second-order valence-corrected chi connectivity index (χ2v) is 7.79. The van der Waals surface area contributed by atoms with E-state index >= 15 is 0 Å². The highest BCUT2D eigenvalue weighted by Gasteiger charge is 2.30. The molecule has 1 aliphatic rings. The van der Waals surface area contributed by atoms with Gasteiger partial charge in [0.15, 0.2) is 0 Å². The second kappa shape index (κ2) is 6.97. The number of nitrogens with zero attached hydrogens (tertiary/aromatic N) is 2. The van der Waals surface area contributed by atoms with E-state index in [1.807, 2.05) is 6.92 Å². The Bertz CT molecular complexity index is 655. The molecule has 0 unspecified atom stereocenters. The number of benzene rings is 1. The molecule has 0 aromatic heterocycles. The summed E-state index contributed by atoms with van der Waals surface area (Å²) in [5.74, 6) is 0. The van der Waals surface area contributed by atoms with Crippen LogP contribution in [0.15, 0.2) is 27.6 Å². The fourth-order valence-electron chi connectivity index (χ4n) is 2.25. The number of carbonyl (C=O) groups excluding carboxylic acids is 1. The van der Waals surface area contributed by atoms with Crippen LogP contribution < -0.4 is 0 Å². The number of sulfonamides is 1. The van der Waals surface area contributed by atoms with Crippen molar-refractivity contribution in [2.24, 2.45) is 0 Å². The van der Waals surface area contributed by atoms with Gasteiger partial charge in [-0.05, 0) is 37.6 Å². The molecule has 122 valence electrons. The van der Waals surface area contributed by atoms with Gasteiger partial charge in [-0.15, -0.1) is 0 Å². The zero-order valence-electron chi connectivity index (χ0n) is 12.6. The number of hydrogen-bond acceptors (Lipinski definition) is 4. The maximum absolute atomic E-state index is 12.6. The molecule has 0 saturated carbocycles. The van der Waals surface area contributed by atoms with Gasteiger partial charge < -0.3 is 9.64 Å². The number of rotatable bonds is 3. The van der Waals surface area contributed by atoms with Crippen LogP contribution in [0.25, 0.3) is 0 Å². The summed E-state index contributed by atoms with van der Waals surface area (Å²) in [6.45, 7) is 5.14. The summed E-state index contributed by atoms with van der Waals surface area (Å²) in [5.41, 5.74) is 0.867. The Morgan fingerprint density at radius 1 is 1.27 bits per heavy atom. The fraction of sp³-hybridized carbons (Fsp3) is 0.500. The van der Waals surface area contributed by atoms with Gasteiger partial charge in [-0.3, -0.25) is 0 Å². The minimum Gasteiger partial charge on any atom is -0.450 e. The molecule has 6 nitrogen and oxygen atoms in total. The van der Waals surface area contributed by atoms with Gasteiger partial charge in [0.25, 0.3) is 0 Å². The molecule has 1 heterocycles. The number of piperazine rings is 1. The molecule has 0 spiro atoms. The van der Waals surface area contributed by atoms with Crippen molar-refractivity contribution in [3.8, 4) is 0 Å². The summed E-state index contributed by atoms with van der Waals surface area (Å²) in [4.78, 5) is 13.4. The number of amides is 1. The predicted molar refractivity (Wildman–Crippen MR) is 86.2 cm³/mol. The van der Waals surface area contributed by atoms with Gasteiger partial charge >= 0.3 is 6.09 Å². The highest BCUT2D eigenvalue weighted by Crippen LogP contribution is 2.23. The van der Waals surface area contributed by atoms with E-state index < -0.39 is 10.0 Å². The molecule has 1 aromatic rings. The van der Waals surface area contributed by atoms with Gasteiger partial charge in [-0.2, -0.15) is 4.31 Å². The predicted octanol–water partition coefficient (Wildman–Crippen LogP) is 2.22. The van der Waals surface area contributed by atoms with Gasteiger partial charge in [0, 0.05) is 30.7 Å². The lowest BCUT2D eigenvalue weighted by Crippen LogP contribution is -2.50. The zero-order valence-corrected chi connectivity index (χ0v) is 15.0. The molecule has 1 saturated heterocycles. The highest BCUT2D eigenvalue weighted by atomic mass is 79.9. The average Bonchev–Trinajstić information content (AvgIpc) is 2.50. The van der Waals surface area contributed by atoms with Crippen LogP contribution in [0.4, 0.5) is 4.79 Å². The molecule has 0 N–H and O–H groups in total. The van der Waals surface area contributed by atoms with Crippen LogP contribution in [0.2, 0.25) is 0 Å². The Balaban J connectivity index is 2.09. The third-order valence-corrected chi connectivity index (χ3v) is 6.32. The Labute approximate surface area is 139 Å². The van der Waals surface area contributed by atoms with Crippen molar-refractivity contribution in [2.75, 3.05) is 32.8 Å². The molecule has 1 amide bonds. The van der Waals surface area contributed by atoms with Crippen LogP contribution >= 0.6 is 15.9 Å². The first kappa shape index (κ1) is 17.2. The monoisotopic (exact) mass is 390 g/mol. The van der Waals surface area contributed by atoms with Crippen LogP contribution in [-0.4, -0.2) is 56.5 Å². The lowest BCUT2D eigenvalue weighted by atomic mass is 10.2. The number of hydrogen-bond donors (Lipinski definition) is 0. The van der Waals surface area contributed by atoms with Gasteiger partial charge in [0.05, 0.1) is 11.5 Å². The minimum atomic E-state index is -3.53. The largest absolute Gasteiger partial charge is 0.450 e. The Hall–Kier alpha value is -1.12. The molecule has 1 aliphatic heterocycles. The maximum Gasteiger partial charge on any atom is 0.409 e. The molecule has 8 heteroatoms. The van der Waals surface area contributed by atoms with Gasteiger partial charge in [-0.25, -0.2) is 13.2 Å². The molecule has 2 rings (SSSR count). The van der Waals surface area contributed by atoms with Crippen molar-refractivity contribution in [2.45, 2.75) is 18.7 Å². The van der Waals surface area contributed by atoms with Crippen LogP contribution in [0.5, 0.6) is 0 Å². The van der Waals surface area contributed by atoms with E-state index in [0.29, 0.717) is 19.7 Å². The summed E-state index contributed by atoms with van der Waals surface area (Å²) >= 11 is 3.36. The van der Waals surface area contributed by atoms with Crippen molar-refractivity contribution in [3.05, 3.63) is 28.2 Å². The molecular formula is C14H19BrN2O4S. The minimum absolute atomic E-state index is 0.274. The maximum atomic E-state index is 12.6. The molecule has 22 heavy (non-hydrogen) atoms. The Kier molecular flexibility index (Phi) is 5.46. The molecular weight excluding hydrogens is 372 g/mol. The van der Waals surface area contributed by atoms with Crippen molar-refractivity contribution in [1.29, 1.82) is 0 Å². The quantitative estimate of drug-likeness (QED) is 0.793. The Morgan fingerprint density at radius 2 is 1.91 bits per heavy atom. The lowest BCUT2D eigenvalue weighted by molar-refractivity contribution is 0.0934. The molecule has 1 fully saturated rings. The first-order chi connectivity index (χ1) is 10.4. The second-order valence-electron chi connectivity index (χ2n) is 5.00. The Morgan fingerprint density at radius 3 is 2.45 bits per heavy atom. The summed E-state index contributed by atoms with van der Waals surface area (Å²) in [5, 5.41) is 0. The number of halogens is 1. The SMILES string of the molecule is CCOC(=O)N1CCN(S(=O)(=O)c2ccc(Br)c(C)c2)CC1. The average molecular weight is 391 g/mol. The zero-order chi connectivity index (χ0) is 16.3. The molecule has 0 radical (unpaired) electrons. The van der Waals surface area contributed by atoms with E-state index in [1.165, 1.54) is 9.21 Å². The van der Waals surface area contributed by atoms with E-state index in [0.717, 1.165) is 10.0 Å². The van der Waals surface area contributed by atoms with E-state index in [4.69, 9.17) is 4.74 Å². The highest BCUT2D eigenvalue weighted by molar-refractivity contribution is 9.10. The standard InChI is InChI=1S/C14H19BrN2O4S/c1-3-21-14(18)16-6-8-17(9-7-16)22(19,20)12-4-5-13(15)11(2)10-12/h4-5,10H,3,6-9H2,1-2H3. The summed E-state index contributed by atoms with van der Waals surface area (Å²) in [6.07, 6.45) is -0.390. The smallest absolute Gasteiger partial charge is 0.409 e. The van der Waals surface area contributed by atoms with E-state index in [-0.39, 0.29) is 24.1 Å². The van der Waals surface area contributed by atoms with Crippen molar-refractivity contribution in [1.82, 2.24) is 9.21 Å². The van der Waals surface area contributed by atoms with Crippen LogP contribution in [-0.2, 0) is 14.8 Å². The van der Waals surface area contributed by atoms with Gasteiger partial charge in [-0.1, -0.05) is 15.9 Å². The molecule has 0 atom stereocenters. The van der Waals surface area contributed by atoms with Crippen LogP contribution in [0.3, 0.4) is 0 Å². The number of carbonyl (C=O) groups is 1. The molecule has 1 aromatic carbocycles. The normalized spacial score (nSPS) is 16.6. The molecule has 0 bridgehead atoms. The van der Waals surface area contributed by atoms with Crippen molar-refractivity contribution < 1.29 is 17.9 Å². The third-order valence-electron chi connectivity index (χ3n) is 3.53. The summed E-state index contributed by atoms with van der Waals surface area (Å²) in [6, 6.07) is 4.97. The van der Waals surface area contributed by atoms with Crippen LogP contribution in [0, 0.1) is 6.92 Å². The summed E-state index contributed by atoms with van der Waals surface area (Å²) in [7, 11) is -3.53. The fourth-order valence-corrected chi connectivity index (χ4v) is 4.01. The van der Waals surface area contributed by atoms with E-state index in [2.05, 4.69) is 15.9 Å². The van der Waals surface area contributed by atoms with Crippen LogP contribution in [0.1, 0.15) is 12.5 Å². The third kappa shape index (κ3) is 3.61.